The van der Waals surface area contributed by atoms with Crippen molar-refractivity contribution in [1.29, 1.82) is 0 Å². The molecule has 1 saturated heterocycles. The van der Waals surface area contributed by atoms with Crippen LogP contribution >= 0.6 is 23.2 Å². The lowest BCUT2D eigenvalue weighted by atomic mass is 10.0. The highest BCUT2D eigenvalue weighted by Gasteiger charge is 2.27. The Kier molecular flexibility index (Phi) is 12.1. The van der Waals surface area contributed by atoms with Gasteiger partial charge in [-0.1, -0.05) is 29.3 Å². The average Bonchev–Trinajstić information content (AvgIpc) is 3.90. The third-order valence-electron chi connectivity index (χ3n) is 8.12. The highest BCUT2D eigenvalue weighted by molar-refractivity contribution is 7.92. The molecule has 2 aliphatic rings. The third-order valence-corrected chi connectivity index (χ3v) is 10.1. The SMILES string of the molecule is COc1ccc([C@H](Cc2c(Cl)c[n+]([O-])cc2Cl)OC(=O)c2ccc(NS(=O)(=O)CCCN3CCOCC3)c(OCC3CC3)c2)cc1OC. The first-order valence-corrected chi connectivity index (χ1v) is 18.0. The number of hydrogen-bond acceptors (Lipinski definition) is 10. The number of sulfonamides is 1. The van der Waals surface area contributed by atoms with E-state index in [1.807, 2.05) is 0 Å². The third kappa shape index (κ3) is 9.79. The van der Waals surface area contributed by atoms with E-state index in [4.69, 9.17) is 46.9 Å². The van der Waals surface area contributed by atoms with Gasteiger partial charge < -0.3 is 28.9 Å². The fourth-order valence-electron chi connectivity index (χ4n) is 5.26. The van der Waals surface area contributed by atoms with E-state index in [-0.39, 0.29) is 39.2 Å². The van der Waals surface area contributed by atoms with E-state index in [9.17, 15) is 18.4 Å². The Labute approximate surface area is 290 Å². The van der Waals surface area contributed by atoms with Crippen LogP contribution in [0.2, 0.25) is 10.0 Å². The number of hydrogen-bond donors (Lipinski definition) is 1. The number of pyridine rings is 1. The zero-order chi connectivity index (χ0) is 34.3. The van der Waals surface area contributed by atoms with Gasteiger partial charge in [0.2, 0.25) is 10.0 Å². The van der Waals surface area contributed by atoms with Gasteiger partial charge in [-0.05, 0) is 67.6 Å². The minimum atomic E-state index is -3.70. The van der Waals surface area contributed by atoms with Crippen LogP contribution in [0, 0.1) is 11.1 Å². The molecule has 1 atom stereocenters. The molecule has 0 bridgehead atoms. The van der Waals surface area contributed by atoms with Crippen LogP contribution in [-0.2, 0) is 25.9 Å². The van der Waals surface area contributed by atoms with Crippen LogP contribution in [0.3, 0.4) is 0 Å². The number of carbonyl (C=O) groups is 1. The maximum absolute atomic E-state index is 13.7. The number of nitrogens with zero attached hydrogens (tertiary/aromatic N) is 2. The second-order valence-corrected chi connectivity index (χ2v) is 14.4. The van der Waals surface area contributed by atoms with E-state index in [1.165, 1.54) is 44.8 Å². The number of anilines is 1. The zero-order valence-corrected chi connectivity index (χ0v) is 29.1. The molecule has 0 radical (unpaired) electrons. The molecule has 2 aromatic carbocycles. The topological polar surface area (TPSA) is 140 Å². The average molecular weight is 725 g/mol. The molecule has 1 saturated carbocycles. The van der Waals surface area contributed by atoms with Crippen LogP contribution in [0.4, 0.5) is 5.69 Å². The van der Waals surface area contributed by atoms with Crippen molar-refractivity contribution in [3.63, 3.8) is 0 Å². The maximum Gasteiger partial charge on any atom is 0.338 e. The molecule has 260 valence electrons. The first-order valence-electron chi connectivity index (χ1n) is 15.6. The molecule has 2 heterocycles. The smallest absolute Gasteiger partial charge is 0.338 e. The fourth-order valence-corrected chi connectivity index (χ4v) is 6.97. The van der Waals surface area contributed by atoms with Gasteiger partial charge in [-0.2, -0.15) is 4.73 Å². The van der Waals surface area contributed by atoms with Crippen molar-refractivity contribution >= 4 is 44.9 Å². The van der Waals surface area contributed by atoms with Crippen LogP contribution in [0.15, 0.2) is 48.8 Å². The molecule has 0 amide bonds. The van der Waals surface area contributed by atoms with Crippen molar-refractivity contribution in [1.82, 2.24) is 4.90 Å². The van der Waals surface area contributed by atoms with E-state index in [1.54, 1.807) is 18.2 Å². The minimum absolute atomic E-state index is 0.0348. The van der Waals surface area contributed by atoms with Gasteiger partial charge in [0.25, 0.3) is 0 Å². The van der Waals surface area contributed by atoms with Crippen LogP contribution < -0.4 is 23.7 Å². The standard InChI is InChI=1S/C33H39Cl2N3O9S/c1-43-29-9-7-23(16-32(29)44-2)30(18-25-26(34)19-38(40)20-27(25)35)47-33(39)24-6-8-28(31(17-24)46-21-22-4-5-22)36-48(41,42)15-3-10-37-11-13-45-14-12-37/h6-9,16-17,19-20,22,30,36H,3-5,10-15,18,21H2,1-2H3/t30-/m0/s1. The van der Waals surface area contributed by atoms with Crippen LogP contribution in [-0.4, -0.2) is 78.7 Å². The summed E-state index contributed by atoms with van der Waals surface area (Å²) in [6, 6.07) is 9.54. The van der Waals surface area contributed by atoms with Gasteiger partial charge in [-0.3, -0.25) is 9.62 Å². The number of esters is 1. The van der Waals surface area contributed by atoms with Gasteiger partial charge >= 0.3 is 5.97 Å². The Hall–Kier alpha value is -3.49. The number of carbonyl (C=O) groups excluding carboxylic acids is 1. The predicted octanol–water partition coefficient (Wildman–Crippen LogP) is 5.04. The van der Waals surface area contributed by atoms with E-state index in [0.29, 0.717) is 66.1 Å². The van der Waals surface area contributed by atoms with E-state index in [0.717, 1.165) is 25.9 Å². The predicted molar refractivity (Wildman–Crippen MR) is 181 cm³/mol. The Balaban J connectivity index is 1.37. The first kappa shape index (κ1) is 35.8. The van der Waals surface area contributed by atoms with Gasteiger partial charge in [0.05, 0.1) is 51.0 Å². The van der Waals surface area contributed by atoms with Crippen LogP contribution in [0.5, 0.6) is 17.2 Å². The van der Waals surface area contributed by atoms with E-state index >= 15 is 0 Å². The molecular weight excluding hydrogens is 685 g/mol. The number of morpholine rings is 1. The lowest BCUT2D eigenvalue weighted by molar-refractivity contribution is -0.605. The van der Waals surface area contributed by atoms with Crippen molar-refractivity contribution in [3.8, 4) is 17.2 Å². The highest BCUT2D eigenvalue weighted by Crippen LogP contribution is 2.37. The summed E-state index contributed by atoms with van der Waals surface area (Å²) in [6.07, 6.45) is 3.95. The fraction of sp³-hybridized carbons (Fsp3) is 0.455. The second kappa shape index (κ2) is 16.3. The normalized spacial score (nSPS) is 15.8. The van der Waals surface area contributed by atoms with Crippen molar-refractivity contribution in [3.05, 3.63) is 80.7 Å². The number of methoxy groups -OCH3 is 2. The molecule has 48 heavy (non-hydrogen) atoms. The van der Waals surface area contributed by atoms with Gasteiger partial charge in [-0.15, -0.1) is 0 Å². The molecule has 1 aromatic heterocycles. The summed E-state index contributed by atoms with van der Waals surface area (Å²) in [6.45, 7) is 3.89. The molecule has 5 rings (SSSR count). The summed E-state index contributed by atoms with van der Waals surface area (Å²) in [5.74, 6) is 0.724. The van der Waals surface area contributed by atoms with Crippen molar-refractivity contribution in [2.75, 3.05) is 64.1 Å². The molecule has 12 nitrogen and oxygen atoms in total. The Morgan fingerprint density at radius 2 is 1.75 bits per heavy atom. The number of rotatable bonds is 16. The molecule has 1 aliphatic carbocycles. The van der Waals surface area contributed by atoms with Gasteiger partial charge in [0.15, 0.2) is 23.9 Å². The molecule has 3 aromatic rings. The molecule has 15 heteroatoms. The van der Waals surface area contributed by atoms with Crippen LogP contribution in [0.25, 0.3) is 0 Å². The highest BCUT2D eigenvalue weighted by atomic mass is 35.5. The number of aromatic nitrogens is 1. The summed E-state index contributed by atoms with van der Waals surface area (Å²) in [7, 11) is -0.704. The largest absolute Gasteiger partial charge is 0.619 e. The Morgan fingerprint density at radius 1 is 1.04 bits per heavy atom. The van der Waals surface area contributed by atoms with E-state index in [2.05, 4.69) is 9.62 Å². The molecular formula is C33H39Cl2N3O9S. The summed E-state index contributed by atoms with van der Waals surface area (Å²) in [5.41, 5.74) is 1.34. The second-order valence-electron chi connectivity index (χ2n) is 11.7. The number of benzene rings is 2. The zero-order valence-electron chi connectivity index (χ0n) is 26.8. The monoisotopic (exact) mass is 723 g/mol. The number of halogens is 2. The summed E-state index contributed by atoms with van der Waals surface area (Å²) in [4.78, 5) is 15.9. The summed E-state index contributed by atoms with van der Waals surface area (Å²) >= 11 is 12.8. The summed E-state index contributed by atoms with van der Waals surface area (Å²) < 4.78 is 57.5. The van der Waals surface area contributed by atoms with Crippen molar-refractivity contribution < 1.29 is 41.6 Å². The Bertz CT molecular complexity index is 1680. The summed E-state index contributed by atoms with van der Waals surface area (Å²) in [5, 5.41) is 12.1. The van der Waals surface area contributed by atoms with Crippen LogP contribution in [0.1, 0.15) is 46.9 Å². The minimum Gasteiger partial charge on any atom is -0.619 e. The quantitative estimate of drug-likeness (QED) is 0.122. The van der Waals surface area contributed by atoms with E-state index < -0.39 is 22.1 Å². The molecule has 1 aliphatic heterocycles. The van der Waals surface area contributed by atoms with Crippen molar-refractivity contribution in [2.24, 2.45) is 5.92 Å². The molecule has 0 spiro atoms. The lowest BCUT2D eigenvalue weighted by Gasteiger charge is -2.26. The maximum atomic E-state index is 13.7. The van der Waals surface area contributed by atoms with Crippen molar-refractivity contribution in [2.45, 2.75) is 31.8 Å². The Morgan fingerprint density at radius 3 is 2.42 bits per heavy atom. The number of ether oxygens (including phenoxy) is 5. The van der Waals surface area contributed by atoms with Gasteiger partial charge in [-0.25, -0.2) is 13.2 Å². The lowest BCUT2D eigenvalue weighted by Crippen LogP contribution is -2.37. The molecule has 1 N–H and O–H groups in total. The first-order chi connectivity index (χ1) is 23.0. The van der Waals surface area contributed by atoms with Gasteiger partial charge in [0, 0.05) is 25.1 Å². The molecule has 0 unspecified atom stereocenters. The number of nitrogens with one attached hydrogen (secondary N) is 1. The molecule has 2 fully saturated rings. The van der Waals surface area contributed by atoms with Gasteiger partial charge in [0.1, 0.15) is 21.9 Å².